The zero-order chi connectivity index (χ0) is 17.1. The number of anilines is 1. The molecule has 7 heteroatoms. The minimum atomic E-state index is -3.22. The van der Waals surface area contributed by atoms with E-state index in [1.165, 1.54) is 12.1 Å². The highest BCUT2D eigenvalue weighted by Gasteiger charge is 2.42. The third kappa shape index (κ3) is 4.23. The van der Waals surface area contributed by atoms with E-state index in [0.717, 1.165) is 12.8 Å². The Hall–Kier alpha value is -2.07. The molecule has 0 spiro atoms. The number of nitriles is 1. The van der Waals surface area contributed by atoms with Crippen LogP contribution in [0.4, 0.5) is 5.69 Å². The van der Waals surface area contributed by atoms with Gasteiger partial charge in [0.2, 0.25) is 5.91 Å². The molecule has 0 bridgehead atoms. The van der Waals surface area contributed by atoms with Crippen LogP contribution in [-0.4, -0.2) is 32.2 Å². The van der Waals surface area contributed by atoms with Crippen LogP contribution in [0.3, 0.4) is 0 Å². The fourth-order valence-corrected chi connectivity index (χ4v) is 3.23. The molecule has 0 heterocycles. The minimum absolute atomic E-state index is 0.0316. The van der Waals surface area contributed by atoms with Gasteiger partial charge < -0.3 is 10.6 Å². The van der Waals surface area contributed by atoms with Crippen molar-refractivity contribution in [3.63, 3.8) is 0 Å². The summed E-state index contributed by atoms with van der Waals surface area (Å²) in [6, 6.07) is 8.46. The van der Waals surface area contributed by atoms with Gasteiger partial charge in [-0.25, -0.2) is 8.42 Å². The zero-order valence-corrected chi connectivity index (χ0v) is 14.1. The molecular formula is C16H21N3O3S. The number of carbonyl (C=O) groups excluding carboxylic acids is 1. The van der Waals surface area contributed by atoms with Crippen molar-refractivity contribution in [2.24, 2.45) is 5.92 Å². The molecule has 1 aromatic rings. The fraction of sp³-hybridized carbons (Fsp3) is 0.500. The smallest absolute Gasteiger partial charge is 0.240 e. The van der Waals surface area contributed by atoms with Crippen LogP contribution in [0.15, 0.2) is 29.2 Å². The van der Waals surface area contributed by atoms with Crippen LogP contribution in [0.1, 0.15) is 26.7 Å². The SMILES string of the molecule is CCS(=O)(=O)c1ccc(NCC(=O)N[C@@](C)(C#N)C2CC2)cc1. The van der Waals surface area contributed by atoms with Gasteiger partial charge in [-0.05, 0) is 49.9 Å². The van der Waals surface area contributed by atoms with Crippen molar-refractivity contribution < 1.29 is 13.2 Å². The number of nitrogens with zero attached hydrogens (tertiary/aromatic N) is 1. The molecule has 1 fully saturated rings. The molecule has 0 radical (unpaired) electrons. The summed E-state index contributed by atoms with van der Waals surface area (Å²) in [6.45, 7) is 3.37. The Kier molecular flexibility index (Phi) is 4.95. The first kappa shape index (κ1) is 17.3. The molecule has 0 saturated heterocycles. The maximum absolute atomic E-state index is 12.0. The van der Waals surface area contributed by atoms with Gasteiger partial charge >= 0.3 is 0 Å². The molecule has 1 aromatic carbocycles. The summed E-state index contributed by atoms with van der Waals surface area (Å²) < 4.78 is 23.4. The van der Waals surface area contributed by atoms with Crippen LogP contribution in [-0.2, 0) is 14.6 Å². The molecular weight excluding hydrogens is 314 g/mol. The van der Waals surface area contributed by atoms with E-state index < -0.39 is 15.4 Å². The number of sulfone groups is 1. The van der Waals surface area contributed by atoms with E-state index in [1.807, 2.05) is 0 Å². The van der Waals surface area contributed by atoms with Crippen LogP contribution in [0.5, 0.6) is 0 Å². The normalized spacial score (nSPS) is 16.9. The Labute approximate surface area is 136 Å². The lowest BCUT2D eigenvalue weighted by atomic mass is 9.98. The lowest BCUT2D eigenvalue weighted by Crippen LogP contribution is -2.48. The number of amides is 1. The van der Waals surface area contributed by atoms with Crippen molar-refractivity contribution in [3.8, 4) is 6.07 Å². The Morgan fingerprint density at radius 1 is 1.35 bits per heavy atom. The van der Waals surface area contributed by atoms with E-state index >= 15 is 0 Å². The predicted octanol–water partition coefficient (Wildman–Crippen LogP) is 1.70. The van der Waals surface area contributed by atoms with E-state index in [0.29, 0.717) is 5.69 Å². The molecule has 124 valence electrons. The molecule has 0 aliphatic heterocycles. The first-order valence-corrected chi connectivity index (χ1v) is 9.25. The number of hydrogen-bond donors (Lipinski definition) is 2. The number of rotatable bonds is 7. The Bertz CT molecular complexity index is 718. The van der Waals surface area contributed by atoms with Crippen molar-refractivity contribution in [2.75, 3.05) is 17.6 Å². The highest BCUT2D eigenvalue weighted by molar-refractivity contribution is 7.91. The highest BCUT2D eigenvalue weighted by atomic mass is 32.2. The second kappa shape index (κ2) is 6.59. The molecule has 1 aliphatic carbocycles. The molecule has 23 heavy (non-hydrogen) atoms. The van der Waals surface area contributed by atoms with Gasteiger partial charge in [-0.15, -0.1) is 0 Å². The first-order valence-electron chi connectivity index (χ1n) is 7.59. The minimum Gasteiger partial charge on any atom is -0.376 e. The van der Waals surface area contributed by atoms with E-state index in [-0.39, 0.29) is 29.0 Å². The summed E-state index contributed by atoms with van der Waals surface area (Å²) in [5.74, 6) is 0.0250. The lowest BCUT2D eigenvalue weighted by Gasteiger charge is -2.23. The van der Waals surface area contributed by atoms with Gasteiger partial charge in [-0.3, -0.25) is 4.79 Å². The predicted molar refractivity (Wildman–Crippen MR) is 87.5 cm³/mol. The fourth-order valence-electron chi connectivity index (χ4n) is 2.34. The summed E-state index contributed by atoms with van der Waals surface area (Å²) in [4.78, 5) is 12.2. The molecule has 0 aromatic heterocycles. The summed E-state index contributed by atoms with van der Waals surface area (Å²) in [6.07, 6.45) is 1.93. The molecule has 1 aliphatic rings. The molecule has 1 saturated carbocycles. The summed E-state index contributed by atoms with van der Waals surface area (Å²) in [7, 11) is -3.22. The number of benzene rings is 1. The molecule has 1 atom stereocenters. The topological polar surface area (TPSA) is 99.1 Å². The molecule has 2 rings (SSSR count). The maximum Gasteiger partial charge on any atom is 0.240 e. The molecule has 1 amide bonds. The zero-order valence-electron chi connectivity index (χ0n) is 13.3. The van der Waals surface area contributed by atoms with Crippen molar-refractivity contribution in [1.82, 2.24) is 5.32 Å². The van der Waals surface area contributed by atoms with Gasteiger partial charge in [0.15, 0.2) is 9.84 Å². The van der Waals surface area contributed by atoms with Gasteiger partial charge in [0.25, 0.3) is 0 Å². The summed E-state index contributed by atoms with van der Waals surface area (Å²) in [5, 5.41) is 14.9. The average Bonchev–Trinajstić information content (AvgIpc) is 3.38. The van der Waals surface area contributed by atoms with E-state index in [4.69, 9.17) is 0 Å². The standard InChI is InChI=1S/C16H21N3O3S/c1-3-23(21,22)14-8-6-13(7-9-14)18-10-15(20)19-16(2,11-17)12-4-5-12/h6-9,12,18H,3-5,10H2,1-2H3,(H,19,20)/t16-/m0/s1. The van der Waals surface area contributed by atoms with E-state index in [1.54, 1.807) is 26.0 Å². The lowest BCUT2D eigenvalue weighted by molar-refractivity contribution is -0.120. The monoisotopic (exact) mass is 335 g/mol. The van der Waals surface area contributed by atoms with Crippen molar-refractivity contribution in [1.29, 1.82) is 5.26 Å². The van der Waals surface area contributed by atoms with E-state index in [9.17, 15) is 18.5 Å². The first-order chi connectivity index (χ1) is 10.8. The van der Waals surface area contributed by atoms with Gasteiger partial charge in [-0.2, -0.15) is 5.26 Å². The Balaban J connectivity index is 1.91. The van der Waals surface area contributed by atoms with Gasteiger partial charge in [0.1, 0.15) is 5.54 Å². The van der Waals surface area contributed by atoms with Crippen molar-refractivity contribution in [2.45, 2.75) is 37.1 Å². The van der Waals surface area contributed by atoms with Crippen LogP contribution >= 0.6 is 0 Å². The number of hydrogen-bond acceptors (Lipinski definition) is 5. The van der Waals surface area contributed by atoms with Crippen molar-refractivity contribution in [3.05, 3.63) is 24.3 Å². The van der Waals surface area contributed by atoms with Crippen molar-refractivity contribution >= 4 is 21.4 Å². The van der Waals surface area contributed by atoms with Crippen LogP contribution in [0, 0.1) is 17.2 Å². The summed E-state index contributed by atoms with van der Waals surface area (Å²) in [5.41, 5.74) is -0.155. The number of nitrogens with one attached hydrogen (secondary N) is 2. The van der Waals surface area contributed by atoms with Gasteiger partial charge in [-0.1, -0.05) is 6.92 Å². The largest absolute Gasteiger partial charge is 0.376 e. The maximum atomic E-state index is 12.0. The molecule has 0 unspecified atom stereocenters. The second-order valence-electron chi connectivity index (χ2n) is 5.92. The van der Waals surface area contributed by atoms with E-state index in [2.05, 4.69) is 16.7 Å². The number of carbonyl (C=O) groups is 1. The second-order valence-corrected chi connectivity index (χ2v) is 8.20. The third-order valence-corrected chi connectivity index (χ3v) is 5.82. The van der Waals surface area contributed by atoms with Crippen LogP contribution < -0.4 is 10.6 Å². The molecule has 2 N–H and O–H groups in total. The van der Waals surface area contributed by atoms with Gasteiger partial charge in [0.05, 0.1) is 23.3 Å². The van der Waals surface area contributed by atoms with Crippen LogP contribution in [0.2, 0.25) is 0 Å². The van der Waals surface area contributed by atoms with Gasteiger partial charge in [0, 0.05) is 5.69 Å². The van der Waals surface area contributed by atoms with Crippen LogP contribution in [0.25, 0.3) is 0 Å². The Morgan fingerprint density at radius 3 is 2.43 bits per heavy atom. The summed E-state index contributed by atoms with van der Waals surface area (Å²) >= 11 is 0. The third-order valence-electron chi connectivity index (χ3n) is 4.07. The quantitative estimate of drug-likeness (QED) is 0.790. The average molecular weight is 335 g/mol. The highest BCUT2D eigenvalue weighted by Crippen LogP contribution is 2.39. The molecule has 6 nitrogen and oxygen atoms in total. The Morgan fingerprint density at radius 2 is 1.96 bits per heavy atom.